The highest BCUT2D eigenvalue weighted by Crippen LogP contribution is 2.07. The van der Waals surface area contributed by atoms with Gasteiger partial charge in [0.25, 0.3) is 5.91 Å². The highest BCUT2D eigenvalue weighted by Gasteiger charge is 2.08. The summed E-state index contributed by atoms with van der Waals surface area (Å²) in [6, 6.07) is 9.11. The number of para-hydroxylation sites is 1. The van der Waals surface area contributed by atoms with E-state index in [4.69, 9.17) is 5.84 Å². The molecule has 0 aliphatic heterocycles. The third kappa shape index (κ3) is 2.76. The highest BCUT2D eigenvalue weighted by atomic mass is 16.1. The Kier molecular flexibility index (Phi) is 3.27. The fraction of sp³-hybridized carbons (Fsp3) is 0. The van der Waals surface area contributed by atoms with Gasteiger partial charge in [0.1, 0.15) is 5.69 Å². The summed E-state index contributed by atoms with van der Waals surface area (Å²) in [6.45, 7) is 0. The molecule has 0 bridgehead atoms. The van der Waals surface area contributed by atoms with Crippen LogP contribution in [0.5, 0.6) is 0 Å². The number of nitrogens with two attached hydrogens (primary N) is 1. The molecule has 0 aliphatic rings. The number of nitrogens with zero attached hydrogens (tertiary/aromatic N) is 2. The molecule has 1 amide bonds. The number of carbonyl (C=O) groups is 1. The van der Waals surface area contributed by atoms with E-state index >= 15 is 0 Å². The van der Waals surface area contributed by atoms with Gasteiger partial charge in [-0.1, -0.05) is 18.2 Å². The number of benzene rings is 1. The average molecular weight is 229 g/mol. The van der Waals surface area contributed by atoms with E-state index in [1.54, 1.807) is 12.1 Å². The van der Waals surface area contributed by atoms with Crippen LogP contribution in [0.25, 0.3) is 0 Å². The highest BCUT2D eigenvalue weighted by molar-refractivity contribution is 6.02. The van der Waals surface area contributed by atoms with Crippen molar-refractivity contribution in [1.29, 1.82) is 0 Å². The van der Waals surface area contributed by atoms with Crippen molar-refractivity contribution in [3.8, 4) is 0 Å². The second-order valence-electron chi connectivity index (χ2n) is 3.25. The van der Waals surface area contributed by atoms with E-state index in [0.717, 1.165) is 0 Å². The van der Waals surface area contributed by atoms with E-state index in [-0.39, 0.29) is 11.6 Å². The van der Waals surface area contributed by atoms with E-state index in [2.05, 4.69) is 20.7 Å². The Labute approximate surface area is 97.9 Å². The van der Waals surface area contributed by atoms with Crippen LogP contribution < -0.4 is 16.6 Å². The molecule has 0 atom stereocenters. The molecule has 1 aromatic carbocycles. The van der Waals surface area contributed by atoms with Gasteiger partial charge in [-0.3, -0.25) is 9.78 Å². The molecule has 6 nitrogen and oxygen atoms in total. The Morgan fingerprint density at radius 2 is 1.94 bits per heavy atom. The molecule has 0 spiro atoms. The second kappa shape index (κ2) is 5.04. The minimum absolute atomic E-state index is 0.198. The van der Waals surface area contributed by atoms with Crippen molar-refractivity contribution < 1.29 is 4.79 Å². The maximum absolute atomic E-state index is 11.8. The Morgan fingerprint density at radius 1 is 1.18 bits per heavy atom. The minimum atomic E-state index is -0.333. The summed E-state index contributed by atoms with van der Waals surface area (Å²) in [4.78, 5) is 19.6. The summed E-state index contributed by atoms with van der Waals surface area (Å²) in [5.74, 6) is 5.19. The first-order valence-electron chi connectivity index (χ1n) is 4.94. The predicted molar refractivity (Wildman–Crippen MR) is 64.2 cm³/mol. The van der Waals surface area contributed by atoms with E-state index in [1.807, 2.05) is 18.2 Å². The van der Waals surface area contributed by atoms with E-state index in [0.29, 0.717) is 11.5 Å². The number of hydrazine groups is 1. The number of carbonyl (C=O) groups excluding carboxylic acids is 1. The van der Waals surface area contributed by atoms with Crippen LogP contribution >= 0.6 is 0 Å². The zero-order chi connectivity index (χ0) is 12.1. The lowest BCUT2D eigenvalue weighted by Gasteiger charge is -2.05. The number of nitrogen functional groups attached to an aromatic ring is 1. The van der Waals surface area contributed by atoms with Crippen molar-refractivity contribution in [2.75, 3.05) is 10.7 Å². The summed E-state index contributed by atoms with van der Waals surface area (Å²) in [5.41, 5.74) is 3.23. The molecule has 0 saturated heterocycles. The number of amides is 1. The van der Waals surface area contributed by atoms with Crippen LogP contribution in [0.3, 0.4) is 0 Å². The molecule has 0 saturated carbocycles. The number of anilines is 2. The van der Waals surface area contributed by atoms with Gasteiger partial charge in [-0.05, 0) is 12.1 Å². The first-order chi connectivity index (χ1) is 8.29. The van der Waals surface area contributed by atoms with Gasteiger partial charge < -0.3 is 10.7 Å². The summed E-state index contributed by atoms with van der Waals surface area (Å²) in [7, 11) is 0. The second-order valence-corrected chi connectivity index (χ2v) is 3.25. The lowest BCUT2D eigenvalue weighted by molar-refractivity contribution is 0.102. The van der Waals surface area contributed by atoms with Gasteiger partial charge in [-0.2, -0.15) is 0 Å². The van der Waals surface area contributed by atoms with Crippen molar-refractivity contribution in [1.82, 2.24) is 9.97 Å². The summed E-state index contributed by atoms with van der Waals surface area (Å²) >= 11 is 0. The Morgan fingerprint density at radius 3 is 2.65 bits per heavy atom. The Hall–Kier alpha value is -2.47. The van der Waals surface area contributed by atoms with Gasteiger partial charge in [0.05, 0.1) is 12.4 Å². The maximum Gasteiger partial charge on any atom is 0.275 e. The molecule has 0 unspecified atom stereocenters. The van der Waals surface area contributed by atoms with Gasteiger partial charge in [-0.25, -0.2) is 10.8 Å². The van der Waals surface area contributed by atoms with Crippen molar-refractivity contribution in [2.24, 2.45) is 5.84 Å². The SMILES string of the molecule is NNc1cncc(C(=O)Nc2ccccc2)n1. The van der Waals surface area contributed by atoms with Crippen molar-refractivity contribution >= 4 is 17.4 Å². The zero-order valence-electron chi connectivity index (χ0n) is 8.92. The molecule has 0 fully saturated rings. The molecule has 2 aromatic rings. The van der Waals surface area contributed by atoms with E-state index in [1.165, 1.54) is 12.4 Å². The van der Waals surface area contributed by atoms with Gasteiger partial charge in [0, 0.05) is 5.69 Å². The molecule has 0 radical (unpaired) electrons. The standard InChI is InChI=1S/C11H11N5O/c12-16-10-7-13-6-9(15-10)11(17)14-8-4-2-1-3-5-8/h1-7H,12H2,(H,14,17)(H,15,16). The van der Waals surface area contributed by atoms with Crippen LogP contribution in [0.2, 0.25) is 0 Å². The first-order valence-corrected chi connectivity index (χ1v) is 4.94. The molecule has 4 N–H and O–H groups in total. The van der Waals surface area contributed by atoms with Crippen LogP contribution in [0.4, 0.5) is 11.5 Å². The topological polar surface area (TPSA) is 92.9 Å². The molecular weight excluding hydrogens is 218 g/mol. The van der Waals surface area contributed by atoms with E-state index < -0.39 is 0 Å². The lowest BCUT2D eigenvalue weighted by atomic mass is 10.3. The summed E-state index contributed by atoms with van der Waals surface area (Å²) < 4.78 is 0. The fourth-order valence-electron chi connectivity index (χ4n) is 1.26. The Bertz CT molecular complexity index is 514. The number of nitrogens with one attached hydrogen (secondary N) is 2. The summed E-state index contributed by atoms with van der Waals surface area (Å²) in [6.07, 6.45) is 2.80. The number of aromatic nitrogens is 2. The predicted octanol–water partition coefficient (Wildman–Crippen LogP) is 1.01. The van der Waals surface area contributed by atoms with Crippen molar-refractivity contribution in [3.05, 3.63) is 48.4 Å². The normalized spacial score (nSPS) is 9.71. The zero-order valence-corrected chi connectivity index (χ0v) is 8.92. The lowest BCUT2D eigenvalue weighted by Crippen LogP contribution is -2.16. The van der Waals surface area contributed by atoms with Crippen LogP contribution in [-0.2, 0) is 0 Å². The Balaban J connectivity index is 2.14. The third-order valence-corrected chi connectivity index (χ3v) is 2.05. The van der Waals surface area contributed by atoms with Crippen molar-refractivity contribution in [2.45, 2.75) is 0 Å². The van der Waals surface area contributed by atoms with Crippen LogP contribution in [0.1, 0.15) is 10.5 Å². The maximum atomic E-state index is 11.8. The number of rotatable bonds is 3. The van der Waals surface area contributed by atoms with Gasteiger partial charge in [0.15, 0.2) is 5.82 Å². The fourth-order valence-corrected chi connectivity index (χ4v) is 1.26. The molecule has 86 valence electrons. The third-order valence-electron chi connectivity index (χ3n) is 2.05. The van der Waals surface area contributed by atoms with Gasteiger partial charge in [0.2, 0.25) is 0 Å². The molecule has 1 heterocycles. The quantitative estimate of drug-likeness (QED) is 0.539. The molecular formula is C11H11N5O. The van der Waals surface area contributed by atoms with Crippen LogP contribution in [0, 0.1) is 0 Å². The van der Waals surface area contributed by atoms with Crippen molar-refractivity contribution in [3.63, 3.8) is 0 Å². The minimum Gasteiger partial charge on any atom is -0.321 e. The molecule has 6 heteroatoms. The largest absolute Gasteiger partial charge is 0.321 e. The first kappa shape index (κ1) is 11.0. The van der Waals surface area contributed by atoms with Gasteiger partial charge in [-0.15, -0.1) is 0 Å². The monoisotopic (exact) mass is 229 g/mol. The molecule has 17 heavy (non-hydrogen) atoms. The molecule has 0 aliphatic carbocycles. The van der Waals surface area contributed by atoms with E-state index in [9.17, 15) is 4.79 Å². The van der Waals surface area contributed by atoms with Gasteiger partial charge >= 0.3 is 0 Å². The number of hydrogen-bond donors (Lipinski definition) is 3. The van der Waals surface area contributed by atoms with Crippen LogP contribution in [0.15, 0.2) is 42.7 Å². The number of hydrogen-bond acceptors (Lipinski definition) is 5. The summed E-state index contributed by atoms with van der Waals surface area (Å²) in [5, 5.41) is 2.70. The molecule has 2 rings (SSSR count). The van der Waals surface area contributed by atoms with Crippen LogP contribution in [-0.4, -0.2) is 15.9 Å². The average Bonchev–Trinajstić information content (AvgIpc) is 2.40. The smallest absolute Gasteiger partial charge is 0.275 e. The molecule has 1 aromatic heterocycles.